The van der Waals surface area contributed by atoms with E-state index in [2.05, 4.69) is 4.89 Å². The van der Waals surface area contributed by atoms with Crippen molar-refractivity contribution < 1.29 is 28.8 Å². The monoisotopic (exact) mass is 270 g/mol. The first-order chi connectivity index (χ1) is 9.03. The zero-order chi connectivity index (χ0) is 14.4. The smallest absolute Gasteiger partial charge is 0.376 e. The second kappa shape index (κ2) is 6.84. The molecule has 0 spiro atoms. The molecule has 0 N–H and O–H groups in total. The summed E-state index contributed by atoms with van der Waals surface area (Å²) in [5, 5.41) is 0. The lowest BCUT2D eigenvalue weighted by Crippen LogP contribution is -2.12. The van der Waals surface area contributed by atoms with Crippen molar-refractivity contribution in [2.75, 3.05) is 21.3 Å². The third-order valence-corrected chi connectivity index (χ3v) is 2.24. The minimum atomic E-state index is -0.661. The fraction of sp³-hybridized carbons (Fsp3) is 0.462. The lowest BCUT2D eigenvalue weighted by molar-refractivity contribution is -0.265. The largest absolute Gasteiger partial charge is 0.496 e. The molecule has 19 heavy (non-hydrogen) atoms. The topological polar surface area (TPSA) is 63.2 Å². The quantitative estimate of drug-likeness (QED) is 0.583. The Hall–Kier alpha value is -1.95. The van der Waals surface area contributed by atoms with Crippen LogP contribution in [0.1, 0.15) is 24.2 Å². The number of methoxy groups -OCH3 is 3. The number of rotatable bonds is 6. The Bertz CT molecular complexity index is 441. The molecule has 0 radical (unpaired) electrons. The minimum absolute atomic E-state index is 0.195. The third kappa shape index (κ3) is 3.75. The Morgan fingerprint density at radius 1 is 0.947 bits per heavy atom. The van der Waals surface area contributed by atoms with Crippen LogP contribution in [0.4, 0.5) is 0 Å². The summed E-state index contributed by atoms with van der Waals surface area (Å²) in [6.45, 7) is 3.50. The number of carbonyl (C=O) groups excluding carboxylic acids is 1. The molecule has 0 fully saturated rings. The molecule has 6 heteroatoms. The zero-order valence-electron chi connectivity index (χ0n) is 11.7. The number of hydrogen-bond donors (Lipinski definition) is 0. The highest BCUT2D eigenvalue weighted by atomic mass is 17.2. The number of benzene rings is 1. The van der Waals surface area contributed by atoms with Crippen LogP contribution in [0.5, 0.6) is 17.2 Å². The van der Waals surface area contributed by atoms with Crippen molar-refractivity contribution >= 4 is 5.97 Å². The Balaban J connectivity index is 3.07. The van der Waals surface area contributed by atoms with Gasteiger partial charge in [-0.15, -0.1) is 0 Å². The Kier molecular flexibility index (Phi) is 5.44. The van der Waals surface area contributed by atoms with Gasteiger partial charge in [-0.1, -0.05) is 0 Å². The molecule has 0 saturated heterocycles. The van der Waals surface area contributed by atoms with Gasteiger partial charge in [-0.2, -0.15) is 4.89 Å². The van der Waals surface area contributed by atoms with E-state index < -0.39 is 5.97 Å². The minimum Gasteiger partial charge on any atom is -0.496 e. The summed E-state index contributed by atoms with van der Waals surface area (Å²) in [6, 6.07) is 3.02. The Morgan fingerprint density at radius 3 is 1.95 bits per heavy atom. The van der Waals surface area contributed by atoms with Crippen molar-refractivity contribution in [3.8, 4) is 17.2 Å². The van der Waals surface area contributed by atoms with Crippen molar-refractivity contribution in [3.05, 3.63) is 17.7 Å². The first kappa shape index (κ1) is 15.1. The van der Waals surface area contributed by atoms with Gasteiger partial charge in [-0.3, -0.25) is 4.89 Å². The average molecular weight is 270 g/mol. The first-order valence-corrected chi connectivity index (χ1v) is 5.71. The van der Waals surface area contributed by atoms with E-state index in [4.69, 9.17) is 19.1 Å². The van der Waals surface area contributed by atoms with Gasteiger partial charge in [0, 0.05) is 12.1 Å². The highest BCUT2D eigenvalue weighted by molar-refractivity contribution is 5.93. The lowest BCUT2D eigenvalue weighted by Gasteiger charge is -2.13. The fourth-order valence-electron chi connectivity index (χ4n) is 1.37. The van der Waals surface area contributed by atoms with E-state index in [0.29, 0.717) is 17.2 Å². The molecule has 0 heterocycles. The van der Waals surface area contributed by atoms with Crippen LogP contribution in [0.15, 0.2) is 12.1 Å². The van der Waals surface area contributed by atoms with Gasteiger partial charge in [-0.25, -0.2) is 4.79 Å². The van der Waals surface area contributed by atoms with Crippen LogP contribution in [0.25, 0.3) is 0 Å². The van der Waals surface area contributed by atoms with E-state index in [1.54, 1.807) is 19.9 Å². The van der Waals surface area contributed by atoms with Crippen LogP contribution < -0.4 is 14.2 Å². The number of carbonyl (C=O) groups is 1. The molecule has 0 saturated carbocycles. The number of hydrogen-bond acceptors (Lipinski definition) is 6. The molecular weight excluding hydrogens is 252 g/mol. The predicted octanol–water partition coefficient (Wildman–Crippen LogP) is 2.21. The van der Waals surface area contributed by atoms with E-state index in [0.717, 1.165) is 0 Å². The van der Waals surface area contributed by atoms with Crippen LogP contribution in [-0.4, -0.2) is 33.4 Å². The highest BCUT2D eigenvalue weighted by Crippen LogP contribution is 2.34. The van der Waals surface area contributed by atoms with Gasteiger partial charge in [0.05, 0.1) is 27.4 Å². The summed E-state index contributed by atoms with van der Waals surface area (Å²) in [5.74, 6) is 0.516. The molecule has 0 aliphatic carbocycles. The summed E-state index contributed by atoms with van der Waals surface area (Å²) in [5.41, 5.74) is 0.195. The molecule has 6 nitrogen and oxygen atoms in total. The number of ether oxygens (including phenoxy) is 3. The lowest BCUT2D eigenvalue weighted by atomic mass is 10.1. The molecule has 1 aromatic rings. The normalized spacial score (nSPS) is 10.2. The van der Waals surface area contributed by atoms with Gasteiger partial charge in [0.1, 0.15) is 11.3 Å². The molecule has 1 aromatic carbocycles. The van der Waals surface area contributed by atoms with Crippen molar-refractivity contribution in [1.82, 2.24) is 0 Å². The second-order valence-corrected chi connectivity index (χ2v) is 3.92. The second-order valence-electron chi connectivity index (χ2n) is 3.92. The summed E-state index contributed by atoms with van der Waals surface area (Å²) in [7, 11) is 4.42. The summed E-state index contributed by atoms with van der Waals surface area (Å²) >= 11 is 0. The fourth-order valence-corrected chi connectivity index (χ4v) is 1.37. The molecule has 1 rings (SSSR count). The summed E-state index contributed by atoms with van der Waals surface area (Å²) in [6.07, 6.45) is -0.227. The Morgan fingerprint density at radius 2 is 1.47 bits per heavy atom. The van der Waals surface area contributed by atoms with Crippen LogP contribution in [-0.2, 0) is 9.78 Å². The SMILES string of the molecule is COc1cc(OC)c(C(=O)OOC(C)C)cc1OC. The molecule has 0 atom stereocenters. The van der Waals surface area contributed by atoms with Gasteiger partial charge in [-0.05, 0) is 13.8 Å². The molecule has 0 amide bonds. The van der Waals surface area contributed by atoms with Crippen molar-refractivity contribution in [3.63, 3.8) is 0 Å². The maximum absolute atomic E-state index is 11.9. The Labute approximate surface area is 112 Å². The van der Waals surface area contributed by atoms with Gasteiger partial charge in [0.15, 0.2) is 11.5 Å². The van der Waals surface area contributed by atoms with Crippen LogP contribution >= 0.6 is 0 Å². The van der Waals surface area contributed by atoms with E-state index in [1.807, 2.05) is 0 Å². The highest BCUT2D eigenvalue weighted by Gasteiger charge is 2.20. The van der Waals surface area contributed by atoms with Crippen LogP contribution in [0.2, 0.25) is 0 Å². The maximum Gasteiger partial charge on any atom is 0.376 e. The van der Waals surface area contributed by atoms with Crippen molar-refractivity contribution in [1.29, 1.82) is 0 Å². The van der Waals surface area contributed by atoms with Gasteiger partial charge < -0.3 is 14.2 Å². The standard InChI is InChI=1S/C13H18O6/c1-8(2)18-19-13(14)9-6-11(16-4)12(17-5)7-10(9)15-3/h6-8H,1-5H3. The molecule has 106 valence electrons. The molecule has 0 bridgehead atoms. The van der Waals surface area contributed by atoms with Crippen molar-refractivity contribution in [2.45, 2.75) is 20.0 Å². The molecule has 0 unspecified atom stereocenters. The van der Waals surface area contributed by atoms with Gasteiger partial charge >= 0.3 is 5.97 Å². The van der Waals surface area contributed by atoms with E-state index in [-0.39, 0.29) is 11.7 Å². The van der Waals surface area contributed by atoms with E-state index in [9.17, 15) is 4.79 Å². The predicted molar refractivity (Wildman–Crippen MR) is 67.7 cm³/mol. The third-order valence-electron chi connectivity index (χ3n) is 2.24. The van der Waals surface area contributed by atoms with Crippen LogP contribution in [0, 0.1) is 0 Å². The molecular formula is C13H18O6. The first-order valence-electron chi connectivity index (χ1n) is 5.71. The van der Waals surface area contributed by atoms with Crippen molar-refractivity contribution in [2.24, 2.45) is 0 Å². The summed E-state index contributed by atoms with van der Waals surface area (Å²) in [4.78, 5) is 21.4. The molecule has 0 aromatic heterocycles. The molecule has 0 aliphatic heterocycles. The zero-order valence-corrected chi connectivity index (χ0v) is 11.7. The van der Waals surface area contributed by atoms with E-state index >= 15 is 0 Å². The molecule has 0 aliphatic rings. The maximum atomic E-state index is 11.9. The van der Waals surface area contributed by atoms with Crippen LogP contribution in [0.3, 0.4) is 0 Å². The van der Waals surface area contributed by atoms with Gasteiger partial charge in [0.2, 0.25) is 0 Å². The summed E-state index contributed by atoms with van der Waals surface area (Å²) < 4.78 is 15.4. The van der Waals surface area contributed by atoms with Gasteiger partial charge in [0.25, 0.3) is 0 Å². The average Bonchev–Trinajstić information content (AvgIpc) is 2.42. The van der Waals surface area contributed by atoms with E-state index in [1.165, 1.54) is 27.4 Å².